The van der Waals surface area contributed by atoms with Crippen molar-refractivity contribution in [3.63, 3.8) is 0 Å². The summed E-state index contributed by atoms with van der Waals surface area (Å²) in [5, 5.41) is -0.0149. The Kier molecular flexibility index (Phi) is 2.91. The minimum Gasteiger partial charge on any atom is -0.369 e. The van der Waals surface area contributed by atoms with Crippen molar-refractivity contribution in [2.24, 2.45) is 11.7 Å². The van der Waals surface area contributed by atoms with Gasteiger partial charge in [-0.05, 0) is 18.0 Å². The summed E-state index contributed by atoms with van der Waals surface area (Å²) in [6.07, 6.45) is 1.62. The third-order valence-electron chi connectivity index (χ3n) is 2.59. The molecule has 2 heterocycles. The number of primary amides is 1. The number of hydrogen-bond donors (Lipinski definition) is 1. The van der Waals surface area contributed by atoms with Gasteiger partial charge in [0.15, 0.2) is 11.6 Å². The molecule has 0 radical (unpaired) electrons. The number of carbonyl (C=O) groups is 1. The first-order valence-electron chi connectivity index (χ1n) is 4.80. The standard InChI is InChI=1S/C9H10ClFN4O/c10-9-13-3-6(11)8(14-9)15-2-1-5(4-15)7(12)16/h3,5H,1-2,4H2,(H2,12,16). The molecule has 2 N–H and O–H groups in total. The molecule has 0 aliphatic carbocycles. The van der Waals surface area contributed by atoms with Gasteiger partial charge in [0.2, 0.25) is 11.2 Å². The Bertz CT molecular complexity index is 428. The molecule has 2 rings (SSSR count). The number of carbonyl (C=O) groups excluding carboxylic acids is 1. The normalized spacial score (nSPS) is 20.1. The van der Waals surface area contributed by atoms with Crippen molar-refractivity contribution in [1.82, 2.24) is 9.97 Å². The first-order chi connectivity index (χ1) is 7.58. The van der Waals surface area contributed by atoms with E-state index in [1.54, 1.807) is 4.90 Å². The molecule has 0 spiro atoms. The monoisotopic (exact) mass is 244 g/mol. The zero-order chi connectivity index (χ0) is 11.7. The van der Waals surface area contributed by atoms with E-state index in [9.17, 15) is 9.18 Å². The SMILES string of the molecule is NC(=O)C1CCN(c2nc(Cl)ncc2F)C1. The zero-order valence-electron chi connectivity index (χ0n) is 8.36. The summed E-state index contributed by atoms with van der Waals surface area (Å²) in [6.45, 7) is 0.914. The van der Waals surface area contributed by atoms with Crippen molar-refractivity contribution in [2.75, 3.05) is 18.0 Å². The average Bonchev–Trinajstić information content (AvgIpc) is 2.70. The Morgan fingerprint density at radius 3 is 3.06 bits per heavy atom. The van der Waals surface area contributed by atoms with Crippen molar-refractivity contribution in [3.05, 3.63) is 17.3 Å². The van der Waals surface area contributed by atoms with Gasteiger partial charge < -0.3 is 10.6 Å². The quantitative estimate of drug-likeness (QED) is 0.773. The molecule has 1 aromatic heterocycles. The molecule has 1 aromatic rings. The first-order valence-corrected chi connectivity index (χ1v) is 5.18. The van der Waals surface area contributed by atoms with Crippen molar-refractivity contribution in [1.29, 1.82) is 0 Å². The third kappa shape index (κ3) is 2.06. The van der Waals surface area contributed by atoms with Crippen LogP contribution in [0.25, 0.3) is 0 Å². The van der Waals surface area contributed by atoms with Gasteiger partial charge in [-0.15, -0.1) is 0 Å². The van der Waals surface area contributed by atoms with Crippen LogP contribution >= 0.6 is 11.6 Å². The van der Waals surface area contributed by atoms with E-state index in [0.717, 1.165) is 6.20 Å². The maximum absolute atomic E-state index is 13.4. The Labute approximate surface area is 96.4 Å². The Morgan fingerprint density at radius 1 is 1.69 bits per heavy atom. The van der Waals surface area contributed by atoms with Crippen molar-refractivity contribution in [2.45, 2.75) is 6.42 Å². The van der Waals surface area contributed by atoms with Gasteiger partial charge in [0, 0.05) is 13.1 Å². The van der Waals surface area contributed by atoms with Gasteiger partial charge in [-0.1, -0.05) is 0 Å². The van der Waals surface area contributed by atoms with Gasteiger partial charge >= 0.3 is 0 Å². The maximum Gasteiger partial charge on any atom is 0.224 e. The van der Waals surface area contributed by atoms with E-state index < -0.39 is 5.82 Å². The van der Waals surface area contributed by atoms with Crippen molar-refractivity contribution in [3.8, 4) is 0 Å². The molecule has 1 aliphatic heterocycles. The van der Waals surface area contributed by atoms with Crippen LogP contribution in [0.15, 0.2) is 6.20 Å². The molecule has 0 saturated carbocycles. The average molecular weight is 245 g/mol. The van der Waals surface area contributed by atoms with Crippen LogP contribution in [0.1, 0.15) is 6.42 Å². The Balaban J connectivity index is 2.20. The van der Waals surface area contributed by atoms with Gasteiger partial charge in [-0.2, -0.15) is 4.98 Å². The van der Waals surface area contributed by atoms with Crippen LogP contribution in [0.2, 0.25) is 5.28 Å². The summed E-state index contributed by atoms with van der Waals surface area (Å²) in [4.78, 5) is 20.0. The molecule has 86 valence electrons. The third-order valence-corrected chi connectivity index (χ3v) is 2.77. The minimum absolute atomic E-state index is 0.0149. The molecule has 5 nitrogen and oxygen atoms in total. The fraction of sp³-hybridized carbons (Fsp3) is 0.444. The van der Waals surface area contributed by atoms with Gasteiger partial charge in [0.25, 0.3) is 0 Å². The van der Waals surface area contributed by atoms with Gasteiger partial charge in [0.05, 0.1) is 12.1 Å². The van der Waals surface area contributed by atoms with E-state index >= 15 is 0 Å². The minimum atomic E-state index is -0.547. The van der Waals surface area contributed by atoms with Crippen molar-refractivity contribution < 1.29 is 9.18 Å². The number of amides is 1. The highest BCUT2D eigenvalue weighted by molar-refractivity contribution is 6.28. The summed E-state index contributed by atoms with van der Waals surface area (Å²) in [5.74, 6) is -1.05. The first kappa shape index (κ1) is 11.1. The van der Waals surface area contributed by atoms with E-state index in [-0.39, 0.29) is 22.9 Å². The lowest BCUT2D eigenvalue weighted by molar-refractivity contribution is -0.121. The summed E-state index contributed by atoms with van der Waals surface area (Å²) in [5.41, 5.74) is 5.19. The van der Waals surface area contributed by atoms with Crippen LogP contribution in [0.3, 0.4) is 0 Å². The molecule has 7 heteroatoms. The van der Waals surface area contributed by atoms with Gasteiger partial charge in [-0.3, -0.25) is 4.79 Å². The molecule has 1 saturated heterocycles. The molecule has 0 aromatic carbocycles. The second-order valence-electron chi connectivity index (χ2n) is 3.64. The summed E-state index contributed by atoms with van der Waals surface area (Å²) in [7, 11) is 0. The molecule has 1 unspecified atom stereocenters. The summed E-state index contributed by atoms with van der Waals surface area (Å²) in [6, 6.07) is 0. The lowest BCUT2D eigenvalue weighted by atomic mass is 10.1. The molecule has 1 aliphatic rings. The van der Waals surface area contributed by atoms with Gasteiger partial charge in [0.1, 0.15) is 0 Å². The number of nitrogens with zero attached hydrogens (tertiary/aromatic N) is 3. The number of hydrogen-bond acceptors (Lipinski definition) is 4. The lowest BCUT2D eigenvalue weighted by Crippen LogP contribution is -2.28. The van der Waals surface area contributed by atoms with Crippen LogP contribution in [0.5, 0.6) is 0 Å². The number of nitrogens with two attached hydrogens (primary N) is 1. The predicted octanol–water partition coefficient (Wildman–Crippen LogP) is 0.581. The lowest BCUT2D eigenvalue weighted by Gasteiger charge is -2.17. The second-order valence-corrected chi connectivity index (χ2v) is 3.98. The Hall–Kier alpha value is -1.43. The smallest absolute Gasteiger partial charge is 0.224 e. The highest BCUT2D eigenvalue weighted by atomic mass is 35.5. The highest BCUT2D eigenvalue weighted by Crippen LogP contribution is 2.24. The number of anilines is 1. The number of aromatic nitrogens is 2. The molecule has 1 fully saturated rings. The van der Waals surface area contributed by atoms with E-state index in [2.05, 4.69) is 9.97 Å². The topological polar surface area (TPSA) is 72.1 Å². The molecule has 1 atom stereocenters. The highest BCUT2D eigenvalue weighted by Gasteiger charge is 2.29. The van der Waals surface area contributed by atoms with E-state index in [0.29, 0.717) is 19.5 Å². The molecule has 16 heavy (non-hydrogen) atoms. The largest absolute Gasteiger partial charge is 0.369 e. The molecule has 1 amide bonds. The maximum atomic E-state index is 13.4. The van der Waals surface area contributed by atoms with E-state index in [1.807, 2.05) is 0 Å². The summed E-state index contributed by atoms with van der Waals surface area (Å²) < 4.78 is 13.4. The van der Waals surface area contributed by atoms with E-state index in [1.165, 1.54) is 0 Å². The predicted molar refractivity (Wildman–Crippen MR) is 56.5 cm³/mol. The number of halogens is 2. The zero-order valence-corrected chi connectivity index (χ0v) is 9.12. The molecular weight excluding hydrogens is 235 g/mol. The second kappa shape index (κ2) is 4.21. The summed E-state index contributed by atoms with van der Waals surface area (Å²) >= 11 is 5.59. The van der Waals surface area contributed by atoms with Crippen LogP contribution in [-0.4, -0.2) is 29.0 Å². The van der Waals surface area contributed by atoms with Crippen molar-refractivity contribution >= 4 is 23.3 Å². The van der Waals surface area contributed by atoms with Gasteiger partial charge in [-0.25, -0.2) is 9.37 Å². The molecule has 0 bridgehead atoms. The van der Waals surface area contributed by atoms with Crippen LogP contribution in [0, 0.1) is 11.7 Å². The fourth-order valence-corrected chi connectivity index (χ4v) is 1.87. The van der Waals surface area contributed by atoms with E-state index in [4.69, 9.17) is 17.3 Å². The molecular formula is C9H10ClFN4O. The fourth-order valence-electron chi connectivity index (χ4n) is 1.74. The van der Waals surface area contributed by atoms with Crippen LogP contribution in [-0.2, 0) is 4.79 Å². The van der Waals surface area contributed by atoms with Crippen LogP contribution < -0.4 is 10.6 Å². The Morgan fingerprint density at radius 2 is 2.44 bits per heavy atom. The number of rotatable bonds is 2. The van der Waals surface area contributed by atoms with Crippen LogP contribution in [0.4, 0.5) is 10.2 Å².